The smallest absolute Gasteiger partial charge is 0.339 e. The van der Waals surface area contributed by atoms with Crippen LogP contribution < -0.4 is 4.74 Å². The second kappa shape index (κ2) is 3.40. The number of carbonyl (C=O) groups is 1. The highest BCUT2D eigenvalue weighted by molar-refractivity contribution is 6.29. The van der Waals surface area contributed by atoms with Gasteiger partial charge >= 0.3 is 5.97 Å². The zero-order chi connectivity index (χ0) is 9.14. The first-order valence-corrected chi connectivity index (χ1v) is 3.45. The Morgan fingerprint density at radius 2 is 2.42 bits per heavy atom. The second-order valence-electron chi connectivity index (χ2n) is 2.01. The average molecular weight is 188 g/mol. The fraction of sp³-hybridized carbons (Fsp3) is 0.143. The van der Waals surface area contributed by atoms with Crippen LogP contribution in [0.4, 0.5) is 0 Å². The van der Waals surface area contributed by atoms with Crippen LogP contribution in [-0.2, 0) is 0 Å². The summed E-state index contributed by atoms with van der Waals surface area (Å²) in [5.74, 6) is -0.886. The van der Waals surface area contributed by atoms with Crippen molar-refractivity contribution < 1.29 is 14.6 Å². The predicted octanol–water partition coefficient (Wildman–Crippen LogP) is 1.44. The number of halogens is 1. The van der Waals surface area contributed by atoms with Gasteiger partial charge in [-0.3, -0.25) is 0 Å². The molecule has 0 saturated heterocycles. The van der Waals surface area contributed by atoms with Gasteiger partial charge in [-0.2, -0.15) is 0 Å². The lowest BCUT2D eigenvalue weighted by molar-refractivity contribution is 0.0693. The quantitative estimate of drug-likeness (QED) is 0.712. The van der Waals surface area contributed by atoms with Gasteiger partial charge in [0, 0.05) is 0 Å². The normalized spacial score (nSPS) is 9.50. The molecule has 1 N–H and O–H groups in total. The lowest BCUT2D eigenvalue weighted by Gasteiger charge is -2.02. The molecule has 4 nitrogen and oxygen atoms in total. The monoisotopic (exact) mass is 187 g/mol. The standard InChI is InChI=1S/C7H6ClNO3/c1-12-5-3-9-6(8)2-4(5)7(10)11/h2-3H,1H3,(H,10,11). The zero-order valence-corrected chi connectivity index (χ0v) is 7.00. The van der Waals surface area contributed by atoms with Gasteiger partial charge in [0.2, 0.25) is 0 Å². The van der Waals surface area contributed by atoms with Gasteiger partial charge in [0.1, 0.15) is 10.7 Å². The molecule has 1 heterocycles. The van der Waals surface area contributed by atoms with Crippen molar-refractivity contribution >= 4 is 17.6 Å². The fourth-order valence-corrected chi connectivity index (χ4v) is 0.905. The number of aromatic carboxylic acids is 1. The molecule has 0 aliphatic carbocycles. The maximum absolute atomic E-state index is 10.6. The predicted molar refractivity (Wildman–Crippen MR) is 42.8 cm³/mol. The summed E-state index contributed by atoms with van der Waals surface area (Å²) in [6.07, 6.45) is 1.27. The molecule has 5 heteroatoms. The van der Waals surface area contributed by atoms with Gasteiger partial charge in [-0.25, -0.2) is 9.78 Å². The molecule has 64 valence electrons. The largest absolute Gasteiger partial charge is 0.494 e. The van der Waals surface area contributed by atoms with Crippen LogP contribution in [0.25, 0.3) is 0 Å². The molecular formula is C7H6ClNO3. The van der Waals surface area contributed by atoms with Gasteiger partial charge in [0.25, 0.3) is 0 Å². The molecule has 0 amide bonds. The van der Waals surface area contributed by atoms with Crippen LogP contribution in [0.3, 0.4) is 0 Å². The van der Waals surface area contributed by atoms with Crippen molar-refractivity contribution in [1.82, 2.24) is 4.98 Å². The molecule has 12 heavy (non-hydrogen) atoms. The molecule has 0 atom stereocenters. The summed E-state index contributed by atoms with van der Waals surface area (Å²) in [5.41, 5.74) is 0.0116. The Morgan fingerprint density at radius 1 is 1.75 bits per heavy atom. The van der Waals surface area contributed by atoms with Crippen molar-refractivity contribution in [3.8, 4) is 5.75 Å². The summed E-state index contributed by atoms with van der Waals surface area (Å²) in [6.45, 7) is 0. The summed E-state index contributed by atoms with van der Waals surface area (Å²) in [5, 5.41) is 8.79. The summed E-state index contributed by atoms with van der Waals surface area (Å²) >= 11 is 5.49. The molecule has 0 unspecified atom stereocenters. The minimum atomic E-state index is -1.09. The molecule has 1 rings (SSSR count). The van der Waals surface area contributed by atoms with E-state index in [1.54, 1.807) is 0 Å². The van der Waals surface area contributed by atoms with Crippen molar-refractivity contribution in [2.24, 2.45) is 0 Å². The van der Waals surface area contributed by atoms with Gasteiger partial charge in [0.05, 0.1) is 13.3 Å². The highest BCUT2D eigenvalue weighted by Gasteiger charge is 2.11. The third-order valence-corrected chi connectivity index (χ3v) is 1.49. The maximum atomic E-state index is 10.6. The van der Waals surface area contributed by atoms with Gasteiger partial charge in [-0.05, 0) is 6.07 Å². The van der Waals surface area contributed by atoms with Crippen molar-refractivity contribution in [2.75, 3.05) is 7.11 Å². The molecule has 0 fully saturated rings. The second-order valence-corrected chi connectivity index (χ2v) is 2.40. The molecule has 0 aliphatic rings. The Hall–Kier alpha value is -1.29. The van der Waals surface area contributed by atoms with E-state index in [4.69, 9.17) is 21.4 Å². The summed E-state index contributed by atoms with van der Waals surface area (Å²) in [7, 11) is 1.37. The number of rotatable bonds is 2. The highest BCUT2D eigenvalue weighted by Crippen LogP contribution is 2.19. The number of carboxylic acid groups (broad SMARTS) is 1. The lowest BCUT2D eigenvalue weighted by atomic mass is 10.2. The summed E-state index contributed by atoms with van der Waals surface area (Å²) in [4.78, 5) is 14.2. The molecule has 0 saturated carbocycles. The van der Waals surface area contributed by atoms with Gasteiger partial charge in [-0.15, -0.1) is 0 Å². The Kier molecular flexibility index (Phi) is 2.50. The van der Waals surface area contributed by atoms with E-state index in [1.807, 2.05) is 0 Å². The Morgan fingerprint density at radius 3 is 2.92 bits per heavy atom. The van der Waals surface area contributed by atoms with Crippen molar-refractivity contribution in [3.63, 3.8) is 0 Å². The van der Waals surface area contributed by atoms with Crippen molar-refractivity contribution in [2.45, 2.75) is 0 Å². The average Bonchev–Trinajstić information content (AvgIpc) is 2.04. The summed E-state index contributed by atoms with van der Waals surface area (Å²) in [6, 6.07) is 1.24. The molecule has 0 radical (unpaired) electrons. The van der Waals surface area contributed by atoms with Crippen LogP contribution in [-0.4, -0.2) is 23.2 Å². The molecule has 0 aromatic carbocycles. The van der Waals surface area contributed by atoms with Crippen LogP contribution in [0, 0.1) is 0 Å². The van der Waals surface area contributed by atoms with E-state index in [0.717, 1.165) is 0 Å². The molecule has 1 aromatic rings. The third kappa shape index (κ3) is 1.65. The van der Waals surface area contributed by atoms with Crippen molar-refractivity contribution in [1.29, 1.82) is 0 Å². The topological polar surface area (TPSA) is 59.4 Å². The number of nitrogens with zero attached hydrogens (tertiary/aromatic N) is 1. The van der Waals surface area contributed by atoms with E-state index in [9.17, 15) is 4.79 Å². The van der Waals surface area contributed by atoms with E-state index in [1.165, 1.54) is 19.4 Å². The Labute approximate surface area is 73.8 Å². The fourth-order valence-electron chi connectivity index (χ4n) is 0.747. The number of hydrogen-bond acceptors (Lipinski definition) is 3. The number of hydrogen-bond donors (Lipinski definition) is 1. The van der Waals surface area contributed by atoms with Crippen LogP contribution in [0.5, 0.6) is 5.75 Å². The number of methoxy groups -OCH3 is 1. The molecule has 0 aliphatic heterocycles. The SMILES string of the molecule is COc1cnc(Cl)cc1C(=O)O. The van der Waals surface area contributed by atoms with Crippen LogP contribution in [0.1, 0.15) is 10.4 Å². The lowest BCUT2D eigenvalue weighted by Crippen LogP contribution is -2.00. The van der Waals surface area contributed by atoms with E-state index in [-0.39, 0.29) is 16.5 Å². The maximum Gasteiger partial charge on any atom is 0.339 e. The first-order chi connectivity index (χ1) is 5.65. The van der Waals surface area contributed by atoms with Gasteiger partial charge in [-0.1, -0.05) is 11.6 Å². The van der Waals surface area contributed by atoms with Crippen molar-refractivity contribution in [3.05, 3.63) is 23.0 Å². The molecule has 1 aromatic heterocycles. The molecule has 0 bridgehead atoms. The third-order valence-electron chi connectivity index (χ3n) is 1.28. The summed E-state index contributed by atoms with van der Waals surface area (Å²) < 4.78 is 4.76. The van der Waals surface area contributed by atoms with E-state index in [0.29, 0.717) is 0 Å². The molecule has 0 spiro atoms. The van der Waals surface area contributed by atoms with Crippen LogP contribution in [0.15, 0.2) is 12.3 Å². The van der Waals surface area contributed by atoms with E-state index >= 15 is 0 Å². The Bertz CT molecular complexity index is 314. The Balaban J connectivity index is 3.21. The van der Waals surface area contributed by atoms with Crippen LogP contribution in [0.2, 0.25) is 5.15 Å². The highest BCUT2D eigenvalue weighted by atomic mass is 35.5. The van der Waals surface area contributed by atoms with Gasteiger partial charge in [0.15, 0.2) is 5.75 Å². The first-order valence-electron chi connectivity index (χ1n) is 3.08. The number of ether oxygens (including phenoxy) is 1. The minimum Gasteiger partial charge on any atom is -0.494 e. The van der Waals surface area contributed by atoms with Crippen LogP contribution >= 0.6 is 11.6 Å². The number of pyridine rings is 1. The van der Waals surface area contributed by atoms with Gasteiger partial charge < -0.3 is 9.84 Å². The number of aromatic nitrogens is 1. The zero-order valence-electron chi connectivity index (χ0n) is 6.24. The molecular weight excluding hydrogens is 182 g/mol. The first kappa shape index (κ1) is 8.80. The van der Waals surface area contributed by atoms with E-state index in [2.05, 4.69) is 4.98 Å². The number of carboxylic acids is 1. The minimum absolute atomic E-state index is 0.0116. The van der Waals surface area contributed by atoms with E-state index < -0.39 is 5.97 Å².